The van der Waals surface area contributed by atoms with Crippen molar-refractivity contribution in [2.24, 2.45) is 0 Å². The molecule has 0 aliphatic heterocycles. The van der Waals surface area contributed by atoms with Gasteiger partial charge in [-0.05, 0) is 24.6 Å². The van der Waals surface area contributed by atoms with Crippen molar-refractivity contribution in [2.75, 3.05) is 14.2 Å². The molecule has 2 aromatic heterocycles. The lowest BCUT2D eigenvalue weighted by Gasteiger charge is -2.04. The summed E-state index contributed by atoms with van der Waals surface area (Å²) in [5.74, 6) is -0.918. The quantitative estimate of drug-likeness (QED) is 0.810. The predicted octanol–water partition coefficient (Wildman–Crippen LogP) is 2.42. The van der Waals surface area contributed by atoms with Crippen molar-refractivity contribution in [3.8, 4) is 5.00 Å². The second-order valence-electron chi connectivity index (χ2n) is 3.81. The lowest BCUT2D eigenvalue weighted by molar-refractivity contribution is 0.0600. The van der Waals surface area contributed by atoms with Crippen molar-refractivity contribution in [1.82, 2.24) is 4.57 Å². The van der Waals surface area contributed by atoms with E-state index in [0.717, 1.165) is 0 Å². The molecule has 0 amide bonds. The van der Waals surface area contributed by atoms with E-state index in [1.54, 1.807) is 23.9 Å². The zero-order chi connectivity index (χ0) is 14.0. The Hall–Kier alpha value is -2.08. The molecule has 0 aromatic carbocycles. The number of aromatic nitrogens is 1. The average molecular weight is 279 g/mol. The first-order valence-corrected chi connectivity index (χ1v) is 6.35. The van der Waals surface area contributed by atoms with Crippen LogP contribution in [0.2, 0.25) is 0 Å². The molecule has 0 saturated heterocycles. The van der Waals surface area contributed by atoms with Crippen LogP contribution in [0, 0.1) is 6.92 Å². The normalized spacial score (nSPS) is 10.3. The van der Waals surface area contributed by atoms with Crippen LogP contribution >= 0.6 is 11.3 Å². The Bertz CT molecular complexity index is 613. The van der Waals surface area contributed by atoms with Gasteiger partial charge >= 0.3 is 11.9 Å². The van der Waals surface area contributed by atoms with Gasteiger partial charge in [0.05, 0.1) is 19.8 Å². The summed E-state index contributed by atoms with van der Waals surface area (Å²) in [5.41, 5.74) is 0.969. The Kier molecular flexibility index (Phi) is 3.71. The van der Waals surface area contributed by atoms with Gasteiger partial charge in [0.15, 0.2) is 0 Å². The molecule has 5 nitrogen and oxygen atoms in total. The highest BCUT2D eigenvalue weighted by atomic mass is 32.1. The first kappa shape index (κ1) is 13.4. The number of carbonyl (C=O) groups is 2. The number of ether oxygens (including phenoxy) is 2. The number of nitrogens with zero attached hydrogens (tertiary/aromatic N) is 1. The highest BCUT2D eigenvalue weighted by Crippen LogP contribution is 2.32. The van der Waals surface area contributed by atoms with Crippen molar-refractivity contribution in [1.29, 1.82) is 0 Å². The highest BCUT2D eigenvalue weighted by molar-refractivity contribution is 7.17. The van der Waals surface area contributed by atoms with Crippen molar-refractivity contribution in [2.45, 2.75) is 6.92 Å². The molecular formula is C13H13NO4S. The monoisotopic (exact) mass is 279 g/mol. The number of hydrogen-bond donors (Lipinski definition) is 0. The van der Waals surface area contributed by atoms with Gasteiger partial charge in [0, 0.05) is 12.4 Å². The molecule has 0 radical (unpaired) electrons. The van der Waals surface area contributed by atoms with Crippen LogP contribution in [-0.2, 0) is 9.47 Å². The Morgan fingerprint density at radius 2 is 1.68 bits per heavy atom. The molecule has 6 heteroatoms. The summed E-state index contributed by atoms with van der Waals surface area (Å²) in [4.78, 5) is 24.0. The molecule has 0 bridgehead atoms. The number of thiophene rings is 1. The molecular weight excluding hydrogens is 266 g/mol. The summed E-state index contributed by atoms with van der Waals surface area (Å²) in [6, 6.07) is 3.68. The number of hydrogen-bond acceptors (Lipinski definition) is 5. The van der Waals surface area contributed by atoms with Gasteiger partial charge in [-0.1, -0.05) is 0 Å². The predicted molar refractivity (Wildman–Crippen MR) is 71.1 cm³/mol. The van der Waals surface area contributed by atoms with Crippen LogP contribution < -0.4 is 0 Å². The zero-order valence-electron chi connectivity index (χ0n) is 10.8. The highest BCUT2D eigenvalue weighted by Gasteiger charge is 2.26. The number of methoxy groups -OCH3 is 2. The minimum absolute atomic E-state index is 0.393. The van der Waals surface area contributed by atoms with Gasteiger partial charge in [-0.25, -0.2) is 9.59 Å². The van der Waals surface area contributed by atoms with Crippen molar-refractivity contribution >= 4 is 23.3 Å². The van der Waals surface area contributed by atoms with Crippen LogP contribution in [0.4, 0.5) is 0 Å². The van der Waals surface area contributed by atoms with Gasteiger partial charge in [-0.15, -0.1) is 11.3 Å². The van der Waals surface area contributed by atoms with E-state index in [4.69, 9.17) is 9.47 Å². The maximum Gasteiger partial charge on any atom is 0.348 e. The lowest BCUT2D eigenvalue weighted by atomic mass is 10.1. The van der Waals surface area contributed by atoms with Gasteiger partial charge in [0.25, 0.3) is 0 Å². The average Bonchev–Trinajstić information content (AvgIpc) is 3.04. The molecule has 0 atom stereocenters. The summed E-state index contributed by atoms with van der Waals surface area (Å²) in [6.07, 6.45) is 3.61. The van der Waals surface area contributed by atoms with Crippen LogP contribution in [0.3, 0.4) is 0 Å². The molecule has 2 heterocycles. The molecule has 100 valence electrons. The van der Waals surface area contributed by atoms with E-state index in [9.17, 15) is 9.59 Å². The van der Waals surface area contributed by atoms with Crippen molar-refractivity contribution in [3.05, 3.63) is 40.5 Å². The maximum absolute atomic E-state index is 11.9. The van der Waals surface area contributed by atoms with E-state index in [2.05, 4.69) is 0 Å². The van der Waals surface area contributed by atoms with Crippen LogP contribution in [0.1, 0.15) is 25.6 Å². The second-order valence-corrected chi connectivity index (χ2v) is 4.81. The van der Waals surface area contributed by atoms with Gasteiger partial charge in [0.2, 0.25) is 0 Å². The molecule has 0 aliphatic rings. The van der Waals surface area contributed by atoms with E-state index in [0.29, 0.717) is 21.0 Å². The van der Waals surface area contributed by atoms with Crippen LogP contribution in [-0.4, -0.2) is 30.7 Å². The fourth-order valence-corrected chi connectivity index (χ4v) is 2.96. The second kappa shape index (κ2) is 5.27. The summed E-state index contributed by atoms with van der Waals surface area (Å²) in [5, 5.41) is 0.648. The third kappa shape index (κ3) is 2.26. The van der Waals surface area contributed by atoms with Crippen LogP contribution in [0.5, 0.6) is 0 Å². The Balaban J connectivity index is 2.65. The summed E-state index contributed by atoms with van der Waals surface area (Å²) < 4.78 is 11.3. The zero-order valence-corrected chi connectivity index (χ0v) is 11.6. The van der Waals surface area contributed by atoms with Gasteiger partial charge in [-0.3, -0.25) is 0 Å². The van der Waals surface area contributed by atoms with Crippen molar-refractivity contribution < 1.29 is 19.1 Å². The first-order valence-electron chi connectivity index (χ1n) is 5.53. The lowest BCUT2D eigenvalue weighted by Crippen LogP contribution is -2.07. The number of esters is 2. The standard InChI is InChI=1S/C13H13NO4S/c1-8-9(12(15)17-2)11(14-6-4-5-7-14)19-10(8)13(16)18-3/h4-7H,1-3H3. The number of rotatable bonds is 3. The molecule has 19 heavy (non-hydrogen) atoms. The Morgan fingerprint density at radius 3 is 2.21 bits per heavy atom. The summed E-state index contributed by atoms with van der Waals surface area (Å²) in [7, 11) is 2.63. The Morgan fingerprint density at radius 1 is 1.11 bits per heavy atom. The topological polar surface area (TPSA) is 57.5 Å². The molecule has 0 fully saturated rings. The molecule has 0 unspecified atom stereocenters. The Labute approximate surface area is 114 Å². The number of carbonyl (C=O) groups excluding carboxylic acids is 2. The maximum atomic E-state index is 11.9. The van der Waals surface area contributed by atoms with E-state index in [-0.39, 0.29) is 0 Å². The molecule has 0 aliphatic carbocycles. The molecule has 2 rings (SSSR count). The van der Waals surface area contributed by atoms with E-state index >= 15 is 0 Å². The third-order valence-corrected chi connectivity index (χ3v) is 4.01. The van der Waals surface area contributed by atoms with Gasteiger partial charge < -0.3 is 14.0 Å². The van der Waals surface area contributed by atoms with Crippen LogP contribution in [0.15, 0.2) is 24.5 Å². The summed E-state index contributed by atoms with van der Waals surface area (Å²) >= 11 is 1.21. The van der Waals surface area contributed by atoms with Gasteiger partial charge in [-0.2, -0.15) is 0 Å². The fraction of sp³-hybridized carbons (Fsp3) is 0.231. The minimum atomic E-state index is -0.465. The minimum Gasteiger partial charge on any atom is -0.465 e. The van der Waals surface area contributed by atoms with Gasteiger partial charge in [0.1, 0.15) is 9.88 Å². The molecule has 0 N–H and O–H groups in total. The molecule has 2 aromatic rings. The SMILES string of the molecule is COC(=O)c1sc(-n2cccc2)c(C(=O)OC)c1C. The third-order valence-electron chi connectivity index (χ3n) is 2.73. The van der Waals surface area contributed by atoms with E-state index in [1.807, 2.05) is 12.1 Å². The molecule has 0 spiro atoms. The van der Waals surface area contributed by atoms with E-state index in [1.165, 1.54) is 25.6 Å². The largest absolute Gasteiger partial charge is 0.465 e. The summed E-state index contributed by atoms with van der Waals surface area (Å²) in [6.45, 7) is 1.71. The van der Waals surface area contributed by atoms with Crippen LogP contribution in [0.25, 0.3) is 5.00 Å². The fourth-order valence-electron chi connectivity index (χ4n) is 1.78. The molecule has 0 saturated carbocycles. The smallest absolute Gasteiger partial charge is 0.348 e. The first-order chi connectivity index (χ1) is 9.10. The van der Waals surface area contributed by atoms with Crippen molar-refractivity contribution in [3.63, 3.8) is 0 Å². The van der Waals surface area contributed by atoms with E-state index < -0.39 is 11.9 Å².